The van der Waals surface area contributed by atoms with Gasteiger partial charge in [-0.05, 0) is 28.8 Å². The van der Waals surface area contributed by atoms with Crippen molar-refractivity contribution in [1.29, 1.82) is 0 Å². The van der Waals surface area contributed by atoms with E-state index in [1.807, 2.05) is 18.2 Å². The maximum Gasteiger partial charge on any atom is 0.231 e. The summed E-state index contributed by atoms with van der Waals surface area (Å²) in [4.78, 5) is 0. The fourth-order valence-electron chi connectivity index (χ4n) is 2.20. The Kier molecular flexibility index (Phi) is 3.85. The van der Waals surface area contributed by atoms with Crippen LogP contribution in [0.25, 0.3) is 11.1 Å². The van der Waals surface area contributed by atoms with Crippen LogP contribution in [0.2, 0.25) is 0 Å². The van der Waals surface area contributed by atoms with Crippen molar-refractivity contribution in [3.05, 3.63) is 48.0 Å². The molecule has 0 fully saturated rings. The minimum absolute atomic E-state index is 0.162. The summed E-state index contributed by atoms with van der Waals surface area (Å²) in [5.41, 5.74) is 3.46. The molecule has 3 rings (SSSR count). The summed E-state index contributed by atoms with van der Waals surface area (Å²) < 4.78 is 10.7. The zero-order valence-corrected chi connectivity index (χ0v) is 11.1. The van der Waals surface area contributed by atoms with Gasteiger partial charge in [-0.1, -0.05) is 30.3 Å². The fourth-order valence-corrected chi connectivity index (χ4v) is 2.20. The Balaban J connectivity index is 1.74. The molecule has 2 aromatic carbocycles. The lowest BCUT2D eigenvalue weighted by molar-refractivity contribution is 0.174. The molecule has 2 N–H and O–H groups in total. The zero-order valence-electron chi connectivity index (χ0n) is 11.1. The summed E-state index contributed by atoms with van der Waals surface area (Å²) in [5, 5.41) is 11.9. The normalized spacial score (nSPS) is 12.7. The molecule has 1 aliphatic heterocycles. The van der Waals surface area contributed by atoms with Gasteiger partial charge in [-0.15, -0.1) is 0 Å². The lowest BCUT2D eigenvalue weighted by Gasteiger charge is -2.06. The minimum atomic E-state index is 0.162. The molecule has 0 unspecified atom stereocenters. The Morgan fingerprint density at radius 1 is 0.950 bits per heavy atom. The first-order valence-electron chi connectivity index (χ1n) is 6.67. The van der Waals surface area contributed by atoms with Crippen LogP contribution < -0.4 is 14.8 Å². The number of nitrogens with one attached hydrogen (secondary N) is 1. The van der Waals surface area contributed by atoms with Gasteiger partial charge in [-0.3, -0.25) is 0 Å². The SMILES string of the molecule is OCCNCc1ccc(-c2ccc3c(c2)OCO3)cc1. The molecule has 1 aliphatic rings. The van der Waals surface area contributed by atoms with Gasteiger partial charge in [0.05, 0.1) is 6.61 Å². The molecule has 1 heterocycles. The lowest BCUT2D eigenvalue weighted by Crippen LogP contribution is -2.17. The molecule has 0 aliphatic carbocycles. The van der Waals surface area contributed by atoms with Crippen molar-refractivity contribution in [3.8, 4) is 22.6 Å². The van der Waals surface area contributed by atoms with Gasteiger partial charge in [0.25, 0.3) is 0 Å². The third-order valence-electron chi connectivity index (χ3n) is 3.28. The number of hydrogen-bond acceptors (Lipinski definition) is 4. The highest BCUT2D eigenvalue weighted by atomic mass is 16.7. The van der Waals surface area contributed by atoms with E-state index >= 15 is 0 Å². The number of aliphatic hydroxyl groups is 1. The third kappa shape index (κ3) is 2.76. The second-order valence-electron chi connectivity index (χ2n) is 4.67. The van der Waals surface area contributed by atoms with Gasteiger partial charge in [0, 0.05) is 13.1 Å². The summed E-state index contributed by atoms with van der Waals surface area (Å²) in [5.74, 6) is 1.61. The first-order chi connectivity index (χ1) is 9.86. The predicted octanol–water partition coefficient (Wildman–Crippen LogP) is 2.16. The van der Waals surface area contributed by atoms with Gasteiger partial charge in [-0.25, -0.2) is 0 Å². The molecule has 0 amide bonds. The van der Waals surface area contributed by atoms with E-state index in [9.17, 15) is 0 Å². The van der Waals surface area contributed by atoms with Crippen molar-refractivity contribution < 1.29 is 14.6 Å². The Bertz CT molecular complexity index is 581. The van der Waals surface area contributed by atoms with Crippen molar-refractivity contribution in [2.45, 2.75) is 6.54 Å². The average Bonchev–Trinajstić information content (AvgIpc) is 2.96. The summed E-state index contributed by atoms with van der Waals surface area (Å²) >= 11 is 0. The van der Waals surface area contributed by atoms with E-state index in [1.165, 1.54) is 5.56 Å². The van der Waals surface area contributed by atoms with Crippen LogP contribution in [0, 0.1) is 0 Å². The van der Waals surface area contributed by atoms with Gasteiger partial charge >= 0.3 is 0 Å². The lowest BCUT2D eigenvalue weighted by atomic mass is 10.0. The van der Waals surface area contributed by atoms with E-state index in [4.69, 9.17) is 14.6 Å². The predicted molar refractivity (Wildman–Crippen MR) is 76.8 cm³/mol. The van der Waals surface area contributed by atoms with Gasteiger partial charge in [0.15, 0.2) is 11.5 Å². The summed E-state index contributed by atoms with van der Waals surface area (Å²) in [7, 11) is 0. The van der Waals surface area contributed by atoms with Crippen molar-refractivity contribution in [2.75, 3.05) is 19.9 Å². The second kappa shape index (κ2) is 5.94. The number of benzene rings is 2. The summed E-state index contributed by atoms with van der Waals surface area (Å²) in [6.07, 6.45) is 0. The first-order valence-corrected chi connectivity index (χ1v) is 6.67. The monoisotopic (exact) mass is 271 g/mol. The van der Waals surface area contributed by atoms with E-state index in [0.717, 1.165) is 29.2 Å². The Morgan fingerprint density at radius 3 is 2.50 bits per heavy atom. The Hall–Kier alpha value is -2.04. The van der Waals surface area contributed by atoms with Crippen LogP contribution in [0.5, 0.6) is 11.5 Å². The van der Waals surface area contributed by atoms with E-state index in [0.29, 0.717) is 13.3 Å². The quantitative estimate of drug-likeness (QED) is 0.818. The van der Waals surface area contributed by atoms with Crippen LogP contribution in [0.4, 0.5) is 0 Å². The van der Waals surface area contributed by atoms with Crippen LogP contribution in [0.1, 0.15) is 5.56 Å². The molecular weight excluding hydrogens is 254 g/mol. The number of ether oxygens (including phenoxy) is 2. The minimum Gasteiger partial charge on any atom is -0.454 e. The summed E-state index contributed by atoms with van der Waals surface area (Å²) in [6.45, 7) is 1.84. The molecule has 4 heteroatoms. The molecule has 0 radical (unpaired) electrons. The van der Waals surface area contributed by atoms with E-state index < -0.39 is 0 Å². The van der Waals surface area contributed by atoms with E-state index in [1.54, 1.807) is 0 Å². The average molecular weight is 271 g/mol. The van der Waals surface area contributed by atoms with Crippen LogP contribution in [0.15, 0.2) is 42.5 Å². The van der Waals surface area contributed by atoms with Gasteiger partial charge in [-0.2, -0.15) is 0 Å². The molecule has 104 valence electrons. The molecule has 0 saturated carbocycles. The molecule has 20 heavy (non-hydrogen) atoms. The van der Waals surface area contributed by atoms with Crippen molar-refractivity contribution in [1.82, 2.24) is 5.32 Å². The molecule has 0 spiro atoms. The summed E-state index contributed by atoms with van der Waals surface area (Å²) in [6, 6.07) is 14.3. The highest BCUT2D eigenvalue weighted by Crippen LogP contribution is 2.35. The first kappa shape index (κ1) is 13.0. The standard InChI is InChI=1S/C16H17NO3/c18-8-7-17-10-12-1-3-13(4-2-12)14-5-6-15-16(9-14)20-11-19-15/h1-6,9,17-18H,7-8,10-11H2. The molecule has 4 nitrogen and oxygen atoms in total. The largest absolute Gasteiger partial charge is 0.454 e. The fraction of sp³-hybridized carbons (Fsp3) is 0.250. The van der Waals surface area contributed by atoms with Crippen molar-refractivity contribution in [2.24, 2.45) is 0 Å². The van der Waals surface area contributed by atoms with Crippen LogP contribution in [-0.2, 0) is 6.54 Å². The molecular formula is C16H17NO3. The molecule has 0 aromatic heterocycles. The third-order valence-corrected chi connectivity index (χ3v) is 3.28. The maximum atomic E-state index is 8.73. The van der Waals surface area contributed by atoms with Gasteiger partial charge in [0.2, 0.25) is 6.79 Å². The number of hydrogen-bond donors (Lipinski definition) is 2. The van der Waals surface area contributed by atoms with E-state index in [-0.39, 0.29) is 6.61 Å². The van der Waals surface area contributed by atoms with Crippen LogP contribution in [0.3, 0.4) is 0 Å². The molecule has 0 saturated heterocycles. The molecule has 0 atom stereocenters. The van der Waals surface area contributed by atoms with Gasteiger partial charge < -0.3 is 19.9 Å². The smallest absolute Gasteiger partial charge is 0.231 e. The topological polar surface area (TPSA) is 50.7 Å². The Morgan fingerprint density at radius 2 is 1.70 bits per heavy atom. The van der Waals surface area contributed by atoms with E-state index in [2.05, 4.69) is 29.6 Å². The Labute approximate surface area is 118 Å². The highest BCUT2D eigenvalue weighted by molar-refractivity contribution is 5.67. The van der Waals surface area contributed by atoms with Crippen molar-refractivity contribution in [3.63, 3.8) is 0 Å². The highest BCUT2D eigenvalue weighted by Gasteiger charge is 2.13. The number of fused-ring (bicyclic) bond motifs is 1. The number of rotatable bonds is 5. The molecule has 2 aromatic rings. The van der Waals surface area contributed by atoms with Crippen LogP contribution in [-0.4, -0.2) is 25.1 Å². The maximum absolute atomic E-state index is 8.73. The van der Waals surface area contributed by atoms with Crippen molar-refractivity contribution >= 4 is 0 Å². The van der Waals surface area contributed by atoms with Crippen LogP contribution >= 0.6 is 0 Å². The molecule has 0 bridgehead atoms. The van der Waals surface area contributed by atoms with Gasteiger partial charge in [0.1, 0.15) is 0 Å². The number of aliphatic hydroxyl groups excluding tert-OH is 1. The zero-order chi connectivity index (χ0) is 13.8. The second-order valence-corrected chi connectivity index (χ2v) is 4.67.